The summed E-state index contributed by atoms with van der Waals surface area (Å²) < 4.78 is 28.3. The van der Waals surface area contributed by atoms with Gasteiger partial charge in [-0.25, -0.2) is 18.1 Å². The van der Waals surface area contributed by atoms with Crippen LogP contribution in [0.5, 0.6) is 0 Å². The third-order valence-corrected chi connectivity index (χ3v) is 5.38. The van der Waals surface area contributed by atoms with Gasteiger partial charge in [0.25, 0.3) is 10.0 Å². The Labute approximate surface area is 121 Å². The van der Waals surface area contributed by atoms with E-state index in [4.69, 9.17) is 11.6 Å². The monoisotopic (exact) mass is 319 g/mol. The highest BCUT2D eigenvalue weighted by molar-refractivity contribution is 7.89. The van der Waals surface area contributed by atoms with Gasteiger partial charge in [0, 0.05) is 13.1 Å². The third-order valence-electron chi connectivity index (χ3n) is 2.57. The summed E-state index contributed by atoms with van der Waals surface area (Å²) in [4.78, 5) is 3.82. The number of rotatable bonds is 5. The van der Waals surface area contributed by atoms with Crippen molar-refractivity contribution in [2.75, 3.05) is 0 Å². The fourth-order valence-corrected chi connectivity index (χ4v) is 4.05. The molecule has 1 atom stereocenters. The lowest BCUT2D eigenvalue weighted by Crippen LogP contribution is -2.34. The number of halogens is 1. The Hall–Kier alpha value is -0.890. The van der Waals surface area contributed by atoms with E-state index in [0.717, 1.165) is 5.56 Å². The third kappa shape index (κ3) is 3.36. The van der Waals surface area contributed by atoms with E-state index in [1.165, 1.54) is 10.9 Å². The van der Waals surface area contributed by atoms with Crippen LogP contribution < -0.4 is 4.72 Å². The fourth-order valence-electron chi connectivity index (χ4n) is 1.70. The van der Waals surface area contributed by atoms with Gasteiger partial charge in [-0.3, -0.25) is 0 Å². The lowest BCUT2D eigenvalue weighted by molar-refractivity contribution is 0.557. The van der Waals surface area contributed by atoms with Gasteiger partial charge in [0.1, 0.15) is 5.15 Å². The summed E-state index contributed by atoms with van der Waals surface area (Å²) in [6.07, 6.45) is 2.01. The topological polar surface area (TPSA) is 64.0 Å². The van der Waals surface area contributed by atoms with Gasteiger partial charge < -0.3 is 4.57 Å². The molecule has 0 fully saturated rings. The summed E-state index contributed by atoms with van der Waals surface area (Å²) in [5.41, 5.74) is 1.10. The van der Waals surface area contributed by atoms with Crippen molar-refractivity contribution in [1.82, 2.24) is 14.3 Å². The molecule has 2 rings (SSSR count). The molecule has 2 heterocycles. The normalized spacial score (nSPS) is 13.6. The number of aryl methyl sites for hydroxylation is 1. The first-order valence-corrected chi connectivity index (χ1v) is 8.41. The second-order valence-corrected chi connectivity index (χ2v) is 7.08. The van der Waals surface area contributed by atoms with Crippen LogP contribution in [0.4, 0.5) is 0 Å². The number of sulfonamides is 1. The maximum absolute atomic E-state index is 12.1. The van der Waals surface area contributed by atoms with Crippen LogP contribution in [-0.2, 0) is 23.5 Å². The van der Waals surface area contributed by atoms with Crippen molar-refractivity contribution in [1.29, 1.82) is 0 Å². The lowest BCUT2D eigenvalue weighted by atomic mass is 10.1. The minimum absolute atomic E-state index is 0.107. The highest BCUT2D eigenvalue weighted by Crippen LogP contribution is 2.19. The number of hydrogen-bond acceptors (Lipinski definition) is 4. The summed E-state index contributed by atoms with van der Waals surface area (Å²) in [5.74, 6) is 0. The first-order chi connectivity index (χ1) is 8.90. The van der Waals surface area contributed by atoms with Crippen molar-refractivity contribution in [3.63, 3.8) is 0 Å². The van der Waals surface area contributed by atoms with E-state index in [0.29, 0.717) is 6.42 Å². The van der Waals surface area contributed by atoms with Crippen LogP contribution in [0, 0.1) is 0 Å². The second kappa shape index (κ2) is 5.62. The minimum Gasteiger partial charge on any atom is -0.324 e. The molecule has 0 saturated carbocycles. The highest BCUT2D eigenvalue weighted by Gasteiger charge is 2.24. The van der Waals surface area contributed by atoms with Gasteiger partial charge in [-0.2, -0.15) is 11.3 Å². The summed E-state index contributed by atoms with van der Waals surface area (Å²) in [6.45, 7) is 1.81. The molecule has 104 valence electrons. The smallest absolute Gasteiger partial charge is 0.261 e. The largest absolute Gasteiger partial charge is 0.324 e. The van der Waals surface area contributed by atoms with Gasteiger partial charge in [0.2, 0.25) is 5.03 Å². The molecule has 5 nitrogen and oxygen atoms in total. The van der Waals surface area contributed by atoms with Crippen molar-refractivity contribution in [2.45, 2.75) is 24.4 Å². The van der Waals surface area contributed by atoms with E-state index in [9.17, 15) is 8.42 Å². The molecule has 1 N–H and O–H groups in total. The van der Waals surface area contributed by atoms with Crippen molar-refractivity contribution in [3.05, 3.63) is 33.9 Å². The van der Waals surface area contributed by atoms with E-state index in [1.54, 1.807) is 18.4 Å². The predicted molar refractivity (Wildman–Crippen MR) is 76.0 cm³/mol. The average Bonchev–Trinajstić information content (AvgIpc) is 2.90. The second-order valence-electron chi connectivity index (χ2n) is 4.31. The Morgan fingerprint density at radius 1 is 1.58 bits per heavy atom. The Balaban J connectivity index is 2.11. The van der Waals surface area contributed by atoms with Crippen molar-refractivity contribution in [2.24, 2.45) is 7.05 Å². The molecular formula is C11H14ClN3O2S2. The van der Waals surface area contributed by atoms with Crippen LogP contribution in [0.25, 0.3) is 0 Å². The Morgan fingerprint density at radius 2 is 2.32 bits per heavy atom. The van der Waals surface area contributed by atoms with Gasteiger partial charge >= 0.3 is 0 Å². The predicted octanol–water partition coefficient (Wildman–Crippen LogP) is 2.04. The SMILES string of the molecule is CC(Cc1ccsc1)NS(=O)(=O)c1ncn(C)c1Cl. The van der Waals surface area contributed by atoms with Crippen LogP contribution in [0.1, 0.15) is 12.5 Å². The first kappa shape index (κ1) is 14.5. The van der Waals surface area contributed by atoms with Crippen LogP contribution >= 0.6 is 22.9 Å². The molecular weight excluding hydrogens is 306 g/mol. The number of thiophene rings is 1. The molecule has 0 spiro atoms. The molecule has 8 heteroatoms. The Bertz CT molecular complexity index is 650. The Kier molecular flexibility index (Phi) is 4.29. The van der Waals surface area contributed by atoms with Crippen molar-refractivity contribution >= 4 is 33.0 Å². The zero-order chi connectivity index (χ0) is 14.0. The average molecular weight is 320 g/mol. The maximum Gasteiger partial charge on any atom is 0.261 e. The quantitative estimate of drug-likeness (QED) is 0.917. The van der Waals surface area contributed by atoms with E-state index in [1.807, 2.05) is 23.8 Å². The van der Waals surface area contributed by atoms with E-state index < -0.39 is 10.0 Å². The Morgan fingerprint density at radius 3 is 2.84 bits per heavy atom. The van der Waals surface area contributed by atoms with Crippen LogP contribution in [0.3, 0.4) is 0 Å². The van der Waals surface area contributed by atoms with Gasteiger partial charge in [-0.1, -0.05) is 11.6 Å². The van der Waals surface area contributed by atoms with Crippen molar-refractivity contribution < 1.29 is 8.42 Å². The van der Waals surface area contributed by atoms with Crippen LogP contribution in [-0.4, -0.2) is 24.0 Å². The molecule has 0 aliphatic rings. The van der Waals surface area contributed by atoms with Crippen LogP contribution in [0.15, 0.2) is 28.2 Å². The molecule has 0 aromatic carbocycles. The maximum atomic E-state index is 12.1. The zero-order valence-electron chi connectivity index (χ0n) is 10.5. The number of imidazole rings is 1. The van der Waals surface area contributed by atoms with Gasteiger partial charge in [0.05, 0.1) is 6.33 Å². The fraction of sp³-hybridized carbons (Fsp3) is 0.364. The van der Waals surface area contributed by atoms with E-state index >= 15 is 0 Å². The summed E-state index contributed by atoms with van der Waals surface area (Å²) in [5, 5.41) is 3.94. The summed E-state index contributed by atoms with van der Waals surface area (Å²) >= 11 is 7.49. The van der Waals surface area contributed by atoms with E-state index in [-0.39, 0.29) is 16.2 Å². The van der Waals surface area contributed by atoms with E-state index in [2.05, 4.69) is 9.71 Å². The molecule has 19 heavy (non-hydrogen) atoms. The summed E-state index contributed by atoms with van der Waals surface area (Å²) in [6, 6.07) is 1.75. The molecule has 0 radical (unpaired) electrons. The number of nitrogens with one attached hydrogen (secondary N) is 1. The molecule has 2 aromatic heterocycles. The van der Waals surface area contributed by atoms with Crippen LogP contribution in [0.2, 0.25) is 5.15 Å². The summed E-state index contributed by atoms with van der Waals surface area (Å²) in [7, 11) is -2.04. The number of aromatic nitrogens is 2. The zero-order valence-corrected chi connectivity index (χ0v) is 12.9. The molecule has 2 aromatic rings. The minimum atomic E-state index is -3.68. The molecule has 0 amide bonds. The van der Waals surface area contributed by atoms with Gasteiger partial charge in [-0.05, 0) is 35.7 Å². The van der Waals surface area contributed by atoms with Gasteiger partial charge in [-0.15, -0.1) is 0 Å². The first-order valence-electron chi connectivity index (χ1n) is 5.60. The molecule has 0 aliphatic heterocycles. The van der Waals surface area contributed by atoms with Crippen molar-refractivity contribution in [3.8, 4) is 0 Å². The molecule has 0 saturated heterocycles. The molecule has 0 bridgehead atoms. The van der Waals surface area contributed by atoms with Gasteiger partial charge in [0.15, 0.2) is 0 Å². The molecule has 0 aliphatic carbocycles. The standard InChI is InChI=1S/C11H14ClN3O2S2/c1-8(5-9-3-4-18-6-9)14-19(16,17)11-10(12)15(2)7-13-11/h3-4,6-8,14H,5H2,1-2H3. The lowest BCUT2D eigenvalue weighted by Gasteiger charge is -2.12. The number of nitrogens with zero attached hydrogens (tertiary/aromatic N) is 2. The molecule has 1 unspecified atom stereocenters. The number of hydrogen-bond donors (Lipinski definition) is 1. The highest BCUT2D eigenvalue weighted by atomic mass is 35.5.